The molecule has 2 heterocycles. The van der Waals surface area contributed by atoms with Gasteiger partial charge in [0, 0.05) is 5.56 Å². The second-order valence-corrected chi connectivity index (χ2v) is 8.63. The number of aromatic nitrogens is 6. The highest BCUT2D eigenvalue weighted by molar-refractivity contribution is 5.80. The van der Waals surface area contributed by atoms with Crippen LogP contribution in [0, 0.1) is 0 Å². The molecular formula is C28H26N6O2. The lowest BCUT2D eigenvalue weighted by atomic mass is 9.98. The molecule has 0 amide bonds. The molecule has 0 fully saturated rings. The molecule has 180 valence electrons. The molecule has 0 spiro atoms. The van der Waals surface area contributed by atoms with Gasteiger partial charge in [0.15, 0.2) is 12.1 Å². The predicted molar refractivity (Wildman–Crippen MR) is 138 cm³/mol. The van der Waals surface area contributed by atoms with Crippen molar-refractivity contribution in [1.29, 1.82) is 0 Å². The minimum atomic E-state index is -0.170. The van der Waals surface area contributed by atoms with Gasteiger partial charge in [-0.2, -0.15) is 0 Å². The van der Waals surface area contributed by atoms with E-state index in [1.165, 1.54) is 0 Å². The van der Waals surface area contributed by atoms with Gasteiger partial charge >= 0.3 is 5.69 Å². The van der Waals surface area contributed by atoms with Crippen molar-refractivity contribution in [3.05, 3.63) is 112 Å². The molecule has 0 saturated heterocycles. The third-order valence-corrected chi connectivity index (χ3v) is 6.29. The number of nitrogens with zero attached hydrogens (tertiary/aromatic N) is 5. The molecule has 0 radical (unpaired) electrons. The van der Waals surface area contributed by atoms with Crippen LogP contribution < -0.4 is 5.69 Å². The zero-order valence-electron chi connectivity index (χ0n) is 20.0. The van der Waals surface area contributed by atoms with Crippen LogP contribution in [0.4, 0.5) is 0 Å². The molecule has 5 rings (SSSR count). The standard InChI is InChI=1S/C28H26N6O2/c1-2-8-25-26(19-35)34(17-20-9-4-3-5-10-20)28(36)33(25)18-21-13-15-22(16-14-21)23-11-6-7-12-24(23)27-29-31-32-30-27/h3-7,9-16,19H,2,8,17-18H2,1H3,(H,29,30,31,32). The molecule has 1 N–H and O–H groups in total. The number of H-pyrrole nitrogens is 1. The second kappa shape index (κ2) is 10.4. The predicted octanol–water partition coefficient (Wildman–Crippen LogP) is 4.36. The summed E-state index contributed by atoms with van der Waals surface area (Å²) in [5, 5.41) is 14.2. The Labute approximate surface area is 208 Å². The number of carbonyl (C=O) groups is 1. The van der Waals surface area contributed by atoms with Gasteiger partial charge in [-0.05, 0) is 39.1 Å². The fourth-order valence-electron chi connectivity index (χ4n) is 4.56. The van der Waals surface area contributed by atoms with Crippen molar-refractivity contribution in [2.24, 2.45) is 0 Å². The first-order valence-corrected chi connectivity index (χ1v) is 11.9. The topological polar surface area (TPSA) is 98.5 Å². The Hall–Kier alpha value is -4.59. The van der Waals surface area contributed by atoms with Gasteiger partial charge in [0.05, 0.1) is 18.8 Å². The monoisotopic (exact) mass is 478 g/mol. The maximum Gasteiger partial charge on any atom is 0.329 e. The van der Waals surface area contributed by atoms with Gasteiger partial charge < -0.3 is 0 Å². The van der Waals surface area contributed by atoms with E-state index in [1.807, 2.05) is 85.8 Å². The number of aldehydes is 1. The molecule has 3 aromatic carbocycles. The first kappa shape index (κ1) is 23.2. The Bertz CT molecular complexity index is 1520. The molecule has 0 bridgehead atoms. The number of hydrogen-bond donors (Lipinski definition) is 1. The minimum Gasteiger partial charge on any atom is -0.296 e. The van der Waals surface area contributed by atoms with E-state index in [1.54, 1.807) is 9.13 Å². The van der Waals surface area contributed by atoms with Gasteiger partial charge in [0.1, 0.15) is 5.69 Å². The SMILES string of the molecule is CCCc1c(C=O)n(Cc2ccccc2)c(=O)n1Cc1ccc(-c2ccccc2-c2nnn[nH]2)cc1. The van der Waals surface area contributed by atoms with E-state index in [0.717, 1.165) is 46.2 Å². The number of aromatic amines is 1. The van der Waals surface area contributed by atoms with Crippen LogP contribution in [0.2, 0.25) is 0 Å². The highest BCUT2D eigenvalue weighted by Crippen LogP contribution is 2.29. The van der Waals surface area contributed by atoms with E-state index < -0.39 is 0 Å². The fraction of sp³-hybridized carbons (Fsp3) is 0.179. The molecular weight excluding hydrogens is 452 g/mol. The lowest BCUT2D eigenvalue weighted by molar-refractivity contribution is 0.111. The van der Waals surface area contributed by atoms with Crippen LogP contribution in [0.3, 0.4) is 0 Å². The molecule has 5 aromatic rings. The van der Waals surface area contributed by atoms with Gasteiger partial charge in [-0.25, -0.2) is 9.89 Å². The third-order valence-electron chi connectivity index (χ3n) is 6.29. The van der Waals surface area contributed by atoms with Crippen LogP contribution in [0.25, 0.3) is 22.5 Å². The Morgan fingerprint density at radius 1 is 0.833 bits per heavy atom. The Kier molecular flexibility index (Phi) is 6.66. The zero-order chi connectivity index (χ0) is 24.9. The average molecular weight is 479 g/mol. The van der Waals surface area contributed by atoms with E-state index in [-0.39, 0.29) is 5.69 Å². The van der Waals surface area contributed by atoms with Crippen LogP contribution >= 0.6 is 0 Å². The highest BCUT2D eigenvalue weighted by atomic mass is 16.2. The van der Waals surface area contributed by atoms with Crippen molar-refractivity contribution in [3.63, 3.8) is 0 Å². The number of rotatable bonds is 9. The largest absolute Gasteiger partial charge is 0.329 e. The normalized spacial score (nSPS) is 11.0. The summed E-state index contributed by atoms with van der Waals surface area (Å²) in [6.45, 7) is 2.81. The van der Waals surface area contributed by atoms with Crippen LogP contribution in [-0.2, 0) is 19.5 Å². The molecule has 0 aliphatic heterocycles. The van der Waals surface area contributed by atoms with Crippen molar-refractivity contribution in [2.45, 2.75) is 32.9 Å². The average Bonchev–Trinajstić information content (AvgIpc) is 3.54. The highest BCUT2D eigenvalue weighted by Gasteiger charge is 2.19. The lowest BCUT2D eigenvalue weighted by Crippen LogP contribution is -2.26. The van der Waals surface area contributed by atoms with E-state index in [9.17, 15) is 9.59 Å². The van der Waals surface area contributed by atoms with Gasteiger partial charge in [0.25, 0.3) is 0 Å². The molecule has 8 heteroatoms. The smallest absolute Gasteiger partial charge is 0.296 e. The first-order valence-electron chi connectivity index (χ1n) is 11.9. The van der Waals surface area contributed by atoms with Crippen LogP contribution in [0.15, 0.2) is 83.7 Å². The molecule has 0 aliphatic carbocycles. The van der Waals surface area contributed by atoms with Gasteiger partial charge in [0.2, 0.25) is 0 Å². The summed E-state index contributed by atoms with van der Waals surface area (Å²) in [5.74, 6) is 0.603. The summed E-state index contributed by atoms with van der Waals surface area (Å²) in [6, 6.07) is 25.7. The number of benzene rings is 3. The first-order chi connectivity index (χ1) is 17.7. The van der Waals surface area contributed by atoms with Crippen molar-refractivity contribution < 1.29 is 4.79 Å². The summed E-state index contributed by atoms with van der Waals surface area (Å²) in [5.41, 5.74) is 5.95. The van der Waals surface area contributed by atoms with Crippen molar-refractivity contribution in [1.82, 2.24) is 29.8 Å². The van der Waals surface area contributed by atoms with Crippen molar-refractivity contribution in [3.8, 4) is 22.5 Å². The Balaban J connectivity index is 1.48. The minimum absolute atomic E-state index is 0.170. The molecule has 0 saturated carbocycles. The van der Waals surface area contributed by atoms with Crippen LogP contribution in [0.1, 0.15) is 40.7 Å². The maximum atomic E-state index is 13.5. The molecule has 0 unspecified atom stereocenters. The Morgan fingerprint density at radius 2 is 1.50 bits per heavy atom. The fourth-order valence-corrected chi connectivity index (χ4v) is 4.56. The molecule has 8 nitrogen and oxygen atoms in total. The van der Waals surface area contributed by atoms with E-state index in [4.69, 9.17) is 0 Å². The summed E-state index contributed by atoms with van der Waals surface area (Å²) >= 11 is 0. The maximum absolute atomic E-state index is 13.5. The second-order valence-electron chi connectivity index (χ2n) is 8.63. The van der Waals surface area contributed by atoms with E-state index >= 15 is 0 Å². The van der Waals surface area contributed by atoms with Crippen LogP contribution in [0.5, 0.6) is 0 Å². The lowest BCUT2D eigenvalue weighted by Gasteiger charge is -2.10. The Morgan fingerprint density at radius 3 is 2.17 bits per heavy atom. The zero-order valence-corrected chi connectivity index (χ0v) is 20.0. The number of tetrazole rings is 1. The molecule has 0 aliphatic rings. The van der Waals surface area contributed by atoms with Crippen molar-refractivity contribution >= 4 is 6.29 Å². The van der Waals surface area contributed by atoms with Crippen molar-refractivity contribution in [2.75, 3.05) is 0 Å². The number of carbonyl (C=O) groups excluding carboxylic acids is 1. The van der Waals surface area contributed by atoms with E-state index in [2.05, 4.69) is 20.6 Å². The quantitative estimate of drug-likeness (QED) is 0.318. The summed E-state index contributed by atoms with van der Waals surface area (Å²) < 4.78 is 3.32. The molecule has 0 atom stereocenters. The van der Waals surface area contributed by atoms with Gasteiger partial charge in [-0.15, -0.1) is 5.10 Å². The number of imidazole rings is 1. The molecule has 36 heavy (non-hydrogen) atoms. The van der Waals surface area contributed by atoms with E-state index in [0.29, 0.717) is 31.0 Å². The van der Waals surface area contributed by atoms with Gasteiger partial charge in [-0.1, -0.05) is 92.2 Å². The van der Waals surface area contributed by atoms with Gasteiger partial charge in [-0.3, -0.25) is 13.9 Å². The summed E-state index contributed by atoms with van der Waals surface area (Å²) in [4.78, 5) is 25.5. The molecule has 2 aromatic heterocycles. The van der Waals surface area contributed by atoms with Crippen LogP contribution in [-0.4, -0.2) is 36.0 Å². The number of nitrogens with one attached hydrogen (secondary N) is 1. The third kappa shape index (κ3) is 4.53. The summed E-state index contributed by atoms with van der Waals surface area (Å²) in [6.07, 6.45) is 2.30. The summed E-state index contributed by atoms with van der Waals surface area (Å²) in [7, 11) is 0. The number of hydrogen-bond acceptors (Lipinski definition) is 5.